The topological polar surface area (TPSA) is 66.6 Å². The van der Waals surface area contributed by atoms with Crippen LogP contribution >= 0.6 is 0 Å². The van der Waals surface area contributed by atoms with Crippen molar-refractivity contribution in [3.8, 4) is 0 Å². The van der Waals surface area contributed by atoms with Crippen LogP contribution < -0.4 is 5.73 Å². The number of hydrogen-bond acceptors (Lipinski definition) is 3. The number of para-hydroxylation sites is 1. The first-order valence-corrected chi connectivity index (χ1v) is 7.55. The van der Waals surface area contributed by atoms with Crippen molar-refractivity contribution >= 4 is 17.5 Å². The van der Waals surface area contributed by atoms with Crippen molar-refractivity contribution in [2.45, 2.75) is 19.3 Å². The molecule has 5 nitrogen and oxygen atoms in total. The summed E-state index contributed by atoms with van der Waals surface area (Å²) in [5.74, 6) is 0.622. The molecular weight excluding hydrogens is 266 g/mol. The summed E-state index contributed by atoms with van der Waals surface area (Å²) in [7, 11) is 0. The first-order chi connectivity index (χ1) is 10.1. The summed E-state index contributed by atoms with van der Waals surface area (Å²) in [6.45, 7) is 2.57. The van der Waals surface area contributed by atoms with Gasteiger partial charge in [-0.1, -0.05) is 18.2 Å². The zero-order chi connectivity index (χ0) is 14.8. The summed E-state index contributed by atoms with van der Waals surface area (Å²) in [5, 5.41) is 0. The van der Waals surface area contributed by atoms with Gasteiger partial charge in [0, 0.05) is 37.8 Å². The molecule has 2 amide bonds. The minimum Gasteiger partial charge on any atom is -0.398 e. The second kappa shape index (κ2) is 5.76. The molecule has 2 fully saturated rings. The van der Waals surface area contributed by atoms with E-state index in [1.807, 2.05) is 34.1 Å². The fourth-order valence-corrected chi connectivity index (χ4v) is 2.73. The van der Waals surface area contributed by atoms with Gasteiger partial charge in [0.15, 0.2) is 0 Å². The predicted molar refractivity (Wildman–Crippen MR) is 80.4 cm³/mol. The average molecular weight is 287 g/mol. The minimum atomic E-state index is 0.0893. The summed E-state index contributed by atoms with van der Waals surface area (Å²) < 4.78 is 0. The summed E-state index contributed by atoms with van der Waals surface area (Å²) in [6.07, 6.45) is 2.40. The van der Waals surface area contributed by atoms with Gasteiger partial charge in [-0.3, -0.25) is 9.59 Å². The van der Waals surface area contributed by atoms with E-state index in [1.54, 1.807) is 0 Å². The van der Waals surface area contributed by atoms with Crippen LogP contribution in [0.4, 0.5) is 5.69 Å². The number of nitrogen functional groups attached to an aromatic ring is 1. The monoisotopic (exact) mass is 287 g/mol. The highest BCUT2D eigenvalue weighted by Crippen LogP contribution is 2.31. The summed E-state index contributed by atoms with van der Waals surface area (Å²) >= 11 is 0. The lowest BCUT2D eigenvalue weighted by Crippen LogP contribution is -2.51. The van der Waals surface area contributed by atoms with E-state index in [-0.39, 0.29) is 17.7 Å². The highest BCUT2D eigenvalue weighted by molar-refractivity contribution is 5.82. The second-order valence-corrected chi connectivity index (χ2v) is 5.86. The third kappa shape index (κ3) is 3.17. The van der Waals surface area contributed by atoms with Crippen LogP contribution in [-0.4, -0.2) is 47.8 Å². The van der Waals surface area contributed by atoms with E-state index >= 15 is 0 Å². The van der Waals surface area contributed by atoms with Crippen LogP contribution in [0.5, 0.6) is 0 Å². The van der Waals surface area contributed by atoms with E-state index in [0.717, 1.165) is 18.4 Å². The Hall–Kier alpha value is -2.04. The second-order valence-electron chi connectivity index (χ2n) is 5.86. The lowest BCUT2D eigenvalue weighted by Gasteiger charge is -2.35. The molecular formula is C16H21N3O2. The fourth-order valence-electron chi connectivity index (χ4n) is 2.73. The maximum absolute atomic E-state index is 12.3. The van der Waals surface area contributed by atoms with Gasteiger partial charge in [-0.25, -0.2) is 0 Å². The number of carbonyl (C=O) groups is 2. The number of piperazine rings is 1. The smallest absolute Gasteiger partial charge is 0.227 e. The lowest BCUT2D eigenvalue weighted by atomic mass is 10.1. The number of rotatable bonds is 3. The number of carbonyl (C=O) groups excluding carboxylic acids is 2. The van der Waals surface area contributed by atoms with Gasteiger partial charge in [0.2, 0.25) is 11.8 Å². The highest BCUT2D eigenvalue weighted by Gasteiger charge is 2.35. The number of hydrogen-bond donors (Lipinski definition) is 1. The molecule has 2 N–H and O–H groups in total. The van der Waals surface area contributed by atoms with Crippen LogP contribution in [0.2, 0.25) is 0 Å². The van der Waals surface area contributed by atoms with Crippen molar-refractivity contribution in [3.05, 3.63) is 29.8 Å². The van der Waals surface area contributed by atoms with Crippen LogP contribution in [0.3, 0.4) is 0 Å². The molecule has 3 rings (SSSR count). The van der Waals surface area contributed by atoms with Crippen molar-refractivity contribution in [1.82, 2.24) is 9.80 Å². The van der Waals surface area contributed by atoms with Crippen molar-refractivity contribution in [2.24, 2.45) is 5.92 Å². The number of nitrogens with zero attached hydrogens (tertiary/aromatic N) is 2. The first-order valence-electron chi connectivity index (χ1n) is 7.55. The van der Waals surface area contributed by atoms with Crippen LogP contribution in [0.15, 0.2) is 24.3 Å². The normalized spacial score (nSPS) is 18.7. The Morgan fingerprint density at radius 3 is 2.29 bits per heavy atom. The molecule has 1 aromatic carbocycles. The van der Waals surface area contributed by atoms with Crippen LogP contribution in [-0.2, 0) is 16.0 Å². The van der Waals surface area contributed by atoms with Gasteiger partial charge in [-0.2, -0.15) is 0 Å². The average Bonchev–Trinajstić information content (AvgIpc) is 3.34. The SMILES string of the molecule is Nc1ccccc1CC(=O)N1CCN(C(=O)C2CC2)CC1. The van der Waals surface area contributed by atoms with Gasteiger partial charge in [-0.05, 0) is 24.5 Å². The van der Waals surface area contributed by atoms with Crippen LogP contribution in [0, 0.1) is 5.92 Å². The molecule has 0 radical (unpaired) electrons. The van der Waals surface area contributed by atoms with E-state index in [0.29, 0.717) is 38.3 Å². The van der Waals surface area contributed by atoms with E-state index in [9.17, 15) is 9.59 Å². The van der Waals surface area contributed by atoms with Gasteiger partial charge in [0.25, 0.3) is 0 Å². The molecule has 21 heavy (non-hydrogen) atoms. The fraction of sp³-hybridized carbons (Fsp3) is 0.500. The summed E-state index contributed by atoms with van der Waals surface area (Å²) in [4.78, 5) is 28.0. The number of anilines is 1. The van der Waals surface area contributed by atoms with Gasteiger partial charge >= 0.3 is 0 Å². The molecule has 1 aliphatic carbocycles. The van der Waals surface area contributed by atoms with Gasteiger partial charge in [0.05, 0.1) is 6.42 Å². The maximum atomic E-state index is 12.3. The van der Waals surface area contributed by atoms with Crippen LogP contribution in [0.25, 0.3) is 0 Å². The number of amides is 2. The minimum absolute atomic E-state index is 0.0893. The van der Waals surface area contributed by atoms with Crippen molar-refractivity contribution in [2.75, 3.05) is 31.9 Å². The van der Waals surface area contributed by atoms with E-state index in [4.69, 9.17) is 5.73 Å². The molecule has 2 aliphatic rings. The van der Waals surface area contributed by atoms with Gasteiger partial charge in [-0.15, -0.1) is 0 Å². The summed E-state index contributed by atoms with van der Waals surface area (Å²) in [5.41, 5.74) is 7.41. The van der Waals surface area contributed by atoms with Crippen molar-refractivity contribution in [1.29, 1.82) is 0 Å². The largest absolute Gasteiger partial charge is 0.398 e. The quantitative estimate of drug-likeness (QED) is 0.840. The Morgan fingerprint density at radius 1 is 1.05 bits per heavy atom. The van der Waals surface area contributed by atoms with Gasteiger partial charge in [0.1, 0.15) is 0 Å². The molecule has 1 aliphatic heterocycles. The molecule has 1 heterocycles. The van der Waals surface area contributed by atoms with Crippen molar-refractivity contribution < 1.29 is 9.59 Å². The maximum Gasteiger partial charge on any atom is 0.227 e. The van der Waals surface area contributed by atoms with Crippen LogP contribution in [0.1, 0.15) is 18.4 Å². The Balaban J connectivity index is 1.53. The Bertz CT molecular complexity index is 546. The third-order valence-corrected chi connectivity index (χ3v) is 4.27. The van der Waals surface area contributed by atoms with E-state index in [2.05, 4.69) is 0 Å². The van der Waals surface area contributed by atoms with E-state index < -0.39 is 0 Å². The molecule has 0 atom stereocenters. The Labute approximate surface area is 124 Å². The third-order valence-electron chi connectivity index (χ3n) is 4.27. The van der Waals surface area contributed by atoms with Crippen molar-refractivity contribution in [3.63, 3.8) is 0 Å². The highest BCUT2D eigenvalue weighted by atomic mass is 16.2. The number of nitrogens with two attached hydrogens (primary N) is 1. The molecule has 0 unspecified atom stereocenters. The first kappa shape index (κ1) is 13.9. The summed E-state index contributed by atoms with van der Waals surface area (Å²) in [6, 6.07) is 7.46. The predicted octanol–water partition coefficient (Wildman–Crippen LogP) is 0.892. The molecule has 112 valence electrons. The Morgan fingerprint density at radius 2 is 1.67 bits per heavy atom. The molecule has 0 spiro atoms. The zero-order valence-corrected chi connectivity index (χ0v) is 12.1. The Kier molecular flexibility index (Phi) is 3.82. The molecule has 1 saturated heterocycles. The molecule has 0 aromatic heterocycles. The zero-order valence-electron chi connectivity index (χ0n) is 12.1. The molecule has 1 saturated carbocycles. The molecule has 5 heteroatoms. The standard InChI is InChI=1S/C16H21N3O2/c17-14-4-2-1-3-13(14)11-15(20)18-7-9-19(10-8-18)16(21)12-5-6-12/h1-4,12H,5-11,17H2. The molecule has 1 aromatic rings. The molecule has 0 bridgehead atoms. The van der Waals surface area contributed by atoms with E-state index in [1.165, 1.54) is 0 Å². The lowest BCUT2D eigenvalue weighted by molar-refractivity contribution is -0.139. The van der Waals surface area contributed by atoms with Gasteiger partial charge < -0.3 is 15.5 Å². The number of benzene rings is 1.